The number of likely N-dealkylation sites (tertiary alicyclic amines) is 1. The van der Waals surface area contributed by atoms with Crippen LogP contribution >= 0.6 is 11.3 Å². The van der Waals surface area contributed by atoms with Crippen molar-refractivity contribution >= 4 is 34.2 Å². The van der Waals surface area contributed by atoms with E-state index in [0.29, 0.717) is 37.0 Å². The van der Waals surface area contributed by atoms with E-state index < -0.39 is 6.04 Å². The number of methoxy groups -OCH3 is 1. The Morgan fingerprint density at radius 1 is 1.15 bits per heavy atom. The molecular formula is C31H44N4O3S. The molecule has 7 nitrogen and oxygen atoms in total. The molecule has 2 aromatic heterocycles. The molecule has 0 radical (unpaired) electrons. The lowest BCUT2D eigenvalue weighted by molar-refractivity contribution is -0.135. The first-order valence-electron chi connectivity index (χ1n) is 14.5. The molecule has 0 spiro atoms. The van der Waals surface area contributed by atoms with Gasteiger partial charge in [-0.3, -0.25) is 9.59 Å². The molecule has 1 aromatic carbocycles. The lowest BCUT2D eigenvalue weighted by atomic mass is 9.96. The molecule has 1 N–H and O–H groups in total. The summed E-state index contributed by atoms with van der Waals surface area (Å²) in [6.07, 6.45) is 5.29. The summed E-state index contributed by atoms with van der Waals surface area (Å²) in [6.45, 7) is 10.8. The van der Waals surface area contributed by atoms with E-state index in [1.165, 1.54) is 4.88 Å². The van der Waals surface area contributed by atoms with Crippen molar-refractivity contribution in [1.29, 1.82) is 0 Å². The van der Waals surface area contributed by atoms with Gasteiger partial charge in [-0.15, -0.1) is 11.3 Å². The number of piperidine rings is 1. The van der Waals surface area contributed by atoms with Gasteiger partial charge in [0.2, 0.25) is 5.91 Å². The van der Waals surface area contributed by atoms with Gasteiger partial charge < -0.3 is 19.5 Å². The van der Waals surface area contributed by atoms with Gasteiger partial charge in [0, 0.05) is 49.7 Å². The summed E-state index contributed by atoms with van der Waals surface area (Å²) in [5.41, 5.74) is 2.42. The van der Waals surface area contributed by atoms with E-state index in [9.17, 15) is 9.59 Å². The Bertz CT molecular complexity index is 1220. The van der Waals surface area contributed by atoms with Gasteiger partial charge in [0.1, 0.15) is 11.9 Å². The molecule has 0 aliphatic carbocycles. The van der Waals surface area contributed by atoms with E-state index in [1.54, 1.807) is 18.4 Å². The first-order valence-corrected chi connectivity index (χ1v) is 15.3. The smallest absolute Gasteiger partial charge is 0.252 e. The van der Waals surface area contributed by atoms with Gasteiger partial charge >= 0.3 is 0 Å². The number of aromatic nitrogens is 2. The molecule has 4 rings (SSSR count). The quantitative estimate of drug-likeness (QED) is 0.296. The second-order valence-electron chi connectivity index (χ2n) is 11.2. The molecule has 0 saturated carbocycles. The maximum Gasteiger partial charge on any atom is 0.252 e. The highest BCUT2D eigenvalue weighted by Crippen LogP contribution is 2.28. The number of nitrogens with one attached hydrogen (secondary N) is 1. The van der Waals surface area contributed by atoms with E-state index in [-0.39, 0.29) is 17.7 Å². The van der Waals surface area contributed by atoms with E-state index >= 15 is 0 Å². The van der Waals surface area contributed by atoms with Gasteiger partial charge in [-0.1, -0.05) is 33.8 Å². The van der Waals surface area contributed by atoms with Crippen molar-refractivity contribution in [3.63, 3.8) is 0 Å². The Balaban J connectivity index is 1.55. The maximum absolute atomic E-state index is 13.5. The van der Waals surface area contributed by atoms with Crippen LogP contribution < -0.4 is 5.32 Å². The topological polar surface area (TPSA) is 76.5 Å². The molecular weight excluding hydrogens is 508 g/mol. The van der Waals surface area contributed by atoms with Crippen LogP contribution in [0.5, 0.6) is 0 Å². The van der Waals surface area contributed by atoms with Gasteiger partial charge in [-0.05, 0) is 73.6 Å². The highest BCUT2D eigenvalue weighted by Gasteiger charge is 2.30. The lowest BCUT2D eigenvalue weighted by Gasteiger charge is -2.34. The molecule has 0 unspecified atom stereocenters. The molecule has 1 aliphatic rings. The zero-order valence-corrected chi connectivity index (χ0v) is 24.9. The van der Waals surface area contributed by atoms with Crippen LogP contribution in [-0.4, -0.2) is 59.1 Å². The number of amides is 2. The van der Waals surface area contributed by atoms with Gasteiger partial charge in [-0.2, -0.15) is 0 Å². The maximum atomic E-state index is 13.5. The van der Waals surface area contributed by atoms with Crippen LogP contribution in [0.3, 0.4) is 0 Å². The minimum Gasteiger partial charge on any atom is -0.384 e. The third kappa shape index (κ3) is 7.09. The molecule has 39 heavy (non-hydrogen) atoms. The predicted molar refractivity (Wildman–Crippen MR) is 158 cm³/mol. The molecule has 1 aliphatic heterocycles. The van der Waals surface area contributed by atoms with Gasteiger partial charge in [0.15, 0.2) is 0 Å². The summed E-state index contributed by atoms with van der Waals surface area (Å²) < 4.78 is 7.66. The van der Waals surface area contributed by atoms with E-state index in [0.717, 1.165) is 55.6 Å². The third-order valence-electron chi connectivity index (χ3n) is 7.88. The molecule has 1 saturated heterocycles. The minimum absolute atomic E-state index is 0.0187. The van der Waals surface area contributed by atoms with Crippen molar-refractivity contribution in [2.75, 3.05) is 26.8 Å². The lowest BCUT2D eigenvalue weighted by Crippen LogP contribution is -2.51. The van der Waals surface area contributed by atoms with Crippen molar-refractivity contribution in [2.45, 2.75) is 78.3 Å². The average Bonchev–Trinajstić information content (AvgIpc) is 3.57. The molecule has 1 atom stereocenters. The van der Waals surface area contributed by atoms with Crippen LogP contribution in [0.1, 0.15) is 86.9 Å². The second-order valence-corrected chi connectivity index (χ2v) is 12.2. The number of hydrogen-bond donors (Lipinski definition) is 1. The summed E-state index contributed by atoms with van der Waals surface area (Å²) in [7, 11) is 1.73. The van der Waals surface area contributed by atoms with Crippen LogP contribution in [0, 0.1) is 11.8 Å². The second kappa shape index (κ2) is 13.6. The van der Waals surface area contributed by atoms with E-state index in [4.69, 9.17) is 9.72 Å². The number of imidazole rings is 1. The molecule has 1 fully saturated rings. The summed E-state index contributed by atoms with van der Waals surface area (Å²) in [4.78, 5) is 35.1. The van der Waals surface area contributed by atoms with Gasteiger partial charge in [-0.25, -0.2) is 4.98 Å². The number of nitrogens with zero attached hydrogens (tertiary/aromatic N) is 3. The number of fused-ring (bicyclic) bond motifs is 1. The number of rotatable bonds is 12. The Morgan fingerprint density at radius 3 is 2.51 bits per heavy atom. The fourth-order valence-corrected chi connectivity index (χ4v) is 6.46. The van der Waals surface area contributed by atoms with Gasteiger partial charge in [0.05, 0.1) is 11.0 Å². The SMILES string of the molecule is CCC(CC)n1c(Cc2cccs2)nc2cc(C(=O)N[C@@H](CC(C)C)C(=O)N3CCC(COC)CC3)ccc21. The van der Waals surface area contributed by atoms with Crippen LogP contribution in [0.4, 0.5) is 0 Å². The Labute approximate surface area is 236 Å². The van der Waals surface area contributed by atoms with Crippen molar-refractivity contribution in [3.8, 4) is 0 Å². The first-order chi connectivity index (χ1) is 18.8. The Hall–Kier alpha value is -2.71. The number of carbonyl (C=O) groups is 2. The average molecular weight is 553 g/mol. The van der Waals surface area contributed by atoms with Crippen molar-refractivity contribution in [1.82, 2.24) is 19.8 Å². The summed E-state index contributed by atoms with van der Waals surface area (Å²) >= 11 is 1.74. The highest BCUT2D eigenvalue weighted by molar-refractivity contribution is 7.09. The number of thiophene rings is 1. The van der Waals surface area contributed by atoms with Crippen LogP contribution in [-0.2, 0) is 16.0 Å². The van der Waals surface area contributed by atoms with E-state index in [2.05, 4.69) is 55.1 Å². The molecule has 2 amide bonds. The molecule has 212 valence electrons. The van der Waals surface area contributed by atoms with Crippen LogP contribution in [0.25, 0.3) is 11.0 Å². The number of ether oxygens (including phenoxy) is 1. The third-order valence-corrected chi connectivity index (χ3v) is 8.76. The number of hydrogen-bond acceptors (Lipinski definition) is 5. The predicted octanol–water partition coefficient (Wildman–Crippen LogP) is 6.08. The normalized spacial score (nSPS) is 15.4. The number of carbonyl (C=O) groups excluding carboxylic acids is 2. The fourth-order valence-electron chi connectivity index (χ4n) is 5.76. The zero-order chi connectivity index (χ0) is 27.9. The standard InChI is InChI=1S/C31H44N4O3S/c1-6-24(7-2)35-28-11-10-23(18-26(28)32-29(35)19-25-9-8-16-39-25)30(36)33-27(17-21(3)4)31(37)34-14-12-22(13-15-34)20-38-5/h8-11,16,18,21-22,24,27H,6-7,12-15,17,19-20H2,1-5H3,(H,33,36)/t27-/m0/s1. The van der Waals surface area contributed by atoms with Crippen LogP contribution in [0.15, 0.2) is 35.7 Å². The first kappa shape index (κ1) is 29.3. The van der Waals surface area contributed by atoms with E-state index in [1.807, 2.05) is 23.1 Å². The minimum atomic E-state index is -0.538. The number of benzene rings is 1. The zero-order valence-electron chi connectivity index (χ0n) is 24.1. The molecule has 3 aromatic rings. The van der Waals surface area contributed by atoms with Gasteiger partial charge in [0.25, 0.3) is 5.91 Å². The molecule has 0 bridgehead atoms. The molecule has 3 heterocycles. The summed E-state index contributed by atoms with van der Waals surface area (Å²) in [5.74, 6) is 1.60. The van der Waals surface area contributed by atoms with Crippen LogP contribution in [0.2, 0.25) is 0 Å². The van der Waals surface area contributed by atoms with Crippen molar-refractivity contribution in [2.24, 2.45) is 11.8 Å². The molecule has 8 heteroatoms. The highest BCUT2D eigenvalue weighted by atomic mass is 32.1. The monoisotopic (exact) mass is 552 g/mol. The Morgan fingerprint density at radius 2 is 1.90 bits per heavy atom. The Kier molecular flexibility index (Phi) is 10.2. The summed E-state index contributed by atoms with van der Waals surface area (Å²) in [5, 5.41) is 5.17. The summed E-state index contributed by atoms with van der Waals surface area (Å²) in [6, 6.07) is 9.81. The largest absolute Gasteiger partial charge is 0.384 e. The van der Waals surface area contributed by atoms with Crippen molar-refractivity contribution < 1.29 is 14.3 Å². The fraction of sp³-hybridized carbons (Fsp3) is 0.581. The van der Waals surface area contributed by atoms with Crippen molar-refractivity contribution in [3.05, 3.63) is 52.0 Å².